The fourth-order valence-corrected chi connectivity index (χ4v) is 3.76. The largest absolute Gasteiger partial charge is 0.342 e. The second kappa shape index (κ2) is 7.99. The average Bonchev–Trinajstić information content (AvgIpc) is 2.86. The highest BCUT2D eigenvalue weighted by Gasteiger charge is 2.36. The summed E-state index contributed by atoms with van der Waals surface area (Å²) in [7, 11) is 1.93. The van der Waals surface area contributed by atoms with Crippen LogP contribution in [0.3, 0.4) is 0 Å². The zero-order valence-corrected chi connectivity index (χ0v) is 15.1. The van der Waals surface area contributed by atoms with E-state index in [1.807, 2.05) is 36.2 Å². The van der Waals surface area contributed by atoms with Gasteiger partial charge in [0.1, 0.15) is 0 Å². The maximum atomic E-state index is 12.5. The maximum absolute atomic E-state index is 12.5. The van der Waals surface area contributed by atoms with Gasteiger partial charge in [-0.25, -0.2) is 0 Å². The van der Waals surface area contributed by atoms with Gasteiger partial charge in [-0.05, 0) is 43.4 Å². The first kappa shape index (κ1) is 18.7. The van der Waals surface area contributed by atoms with E-state index in [1.54, 1.807) is 0 Å². The van der Waals surface area contributed by atoms with E-state index >= 15 is 0 Å². The molecule has 2 saturated heterocycles. The van der Waals surface area contributed by atoms with Crippen LogP contribution in [0.25, 0.3) is 0 Å². The molecule has 24 heavy (non-hydrogen) atoms. The number of rotatable bonds is 4. The molecule has 2 unspecified atom stereocenters. The van der Waals surface area contributed by atoms with Crippen LogP contribution in [0.1, 0.15) is 38.2 Å². The van der Waals surface area contributed by atoms with Crippen molar-refractivity contribution in [2.24, 2.45) is 0 Å². The van der Waals surface area contributed by atoms with Crippen molar-refractivity contribution in [1.82, 2.24) is 10.2 Å². The molecule has 0 aromatic heterocycles. The molecule has 2 aliphatic rings. The molecule has 1 aromatic rings. The molecule has 2 heterocycles. The summed E-state index contributed by atoms with van der Waals surface area (Å²) in [5.41, 5.74) is 1.74. The van der Waals surface area contributed by atoms with E-state index in [1.165, 1.54) is 19.8 Å². The summed E-state index contributed by atoms with van der Waals surface area (Å²) >= 11 is 0. The molecular weight excluding hydrogens is 326 g/mol. The Balaban J connectivity index is 0.00000208. The number of hydrogen-bond donors (Lipinski definition) is 2. The van der Waals surface area contributed by atoms with Crippen LogP contribution in [0.2, 0.25) is 0 Å². The van der Waals surface area contributed by atoms with Crippen LogP contribution in [0, 0.1) is 0 Å². The third-order valence-corrected chi connectivity index (χ3v) is 5.02. The molecule has 2 N–H and O–H groups in total. The molecule has 6 heteroatoms. The number of likely N-dealkylation sites (N-methyl/N-ethyl adjacent to an activating group) is 1. The van der Waals surface area contributed by atoms with Crippen LogP contribution < -0.4 is 10.6 Å². The van der Waals surface area contributed by atoms with Crippen molar-refractivity contribution in [3.63, 3.8) is 0 Å². The van der Waals surface area contributed by atoms with Gasteiger partial charge in [0.2, 0.25) is 11.8 Å². The lowest BCUT2D eigenvalue weighted by atomic mass is 9.98. The molecule has 3 rings (SSSR count). The van der Waals surface area contributed by atoms with Gasteiger partial charge in [-0.15, -0.1) is 12.4 Å². The minimum Gasteiger partial charge on any atom is -0.342 e. The molecule has 0 spiro atoms. The molecular formula is C18H26ClN3O2. The third kappa shape index (κ3) is 4.48. The number of hydrogen-bond acceptors (Lipinski definition) is 3. The van der Waals surface area contributed by atoms with E-state index in [0.29, 0.717) is 24.5 Å². The summed E-state index contributed by atoms with van der Waals surface area (Å²) in [6.45, 7) is 1.48. The summed E-state index contributed by atoms with van der Waals surface area (Å²) in [4.78, 5) is 25.5. The number of anilines is 1. The van der Waals surface area contributed by atoms with E-state index < -0.39 is 0 Å². The van der Waals surface area contributed by atoms with E-state index in [2.05, 4.69) is 10.6 Å². The molecule has 2 aliphatic heterocycles. The van der Waals surface area contributed by atoms with Crippen molar-refractivity contribution >= 4 is 29.9 Å². The maximum Gasteiger partial charge on any atom is 0.226 e. The van der Waals surface area contributed by atoms with E-state index in [0.717, 1.165) is 24.1 Å². The lowest BCUT2D eigenvalue weighted by molar-refractivity contribution is -0.132. The van der Waals surface area contributed by atoms with E-state index in [9.17, 15) is 9.59 Å². The second-order valence-electron chi connectivity index (χ2n) is 6.82. The molecule has 2 amide bonds. The normalized spacial score (nSPS) is 24.8. The first-order valence-electron chi connectivity index (χ1n) is 8.39. The molecule has 5 nitrogen and oxygen atoms in total. The standard InChI is InChI=1S/C18H25N3O2.ClH/c1-12(22)19-14-5-3-13(4-6-14)9-18(23)21(2)17-10-15-7-8-16(11-17)20-15;/h3-6,15-17,20H,7-11H2,1-2H3,(H,19,22);1H. The molecule has 2 fully saturated rings. The van der Waals surface area contributed by atoms with Crippen molar-refractivity contribution in [1.29, 1.82) is 0 Å². The summed E-state index contributed by atoms with van der Waals surface area (Å²) < 4.78 is 0. The van der Waals surface area contributed by atoms with Gasteiger partial charge in [0.05, 0.1) is 6.42 Å². The molecule has 1 aromatic carbocycles. The number of fused-ring (bicyclic) bond motifs is 2. The van der Waals surface area contributed by atoms with Crippen LogP contribution in [0.15, 0.2) is 24.3 Å². The Labute approximate surface area is 149 Å². The summed E-state index contributed by atoms with van der Waals surface area (Å²) in [5.74, 6) is 0.0812. The van der Waals surface area contributed by atoms with Crippen LogP contribution in [0.4, 0.5) is 5.69 Å². The number of carbonyl (C=O) groups is 2. The Morgan fingerprint density at radius 3 is 2.29 bits per heavy atom. The van der Waals surface area contributed by atoms with Gasteiger partial charge in [0, 0.05) is 37.8 Å². The molecule has 0 radical (unpaired) electrons. The lowest BCUT2D eigenvalue weighted by Gasteiger charge is -2.35. The second-order valence-corrected chi connectivity index (χ2v) is 6.82. The minimum atomic E-state index is -0.0888. The fourth-order valence-electron chi connectivity index (χ4n) is 3.76. The van der Waals surface area contributed by atoms with Crippen molar-refractivity contribution < 1.29 is 9.59 Å². The van der Waals surface area contributed by atoms with Crippen LogP contribution in [-0.2, 0) is 16.0 Å². The highest BCUT2D eigenvalue weighted by atomic mass is 35.5. The van der Waals surface area contributed by atoms with Gasteiger partial charge in [-0.1, -0.05) is 12.1 Å². The molecule has 2 atom stereocenters. The SMILES string of the molecule is CC(=O)Nc1ccc(CC(=O)N(C)C2CC3CCC(C2)N3)cc1.Cl. The third-order valence-electron chi connectivity index (χ3n) is 5.02. The first-order valence-corrected chi connectivity index (χ1v) is 8.39. The van der Waals surface area contributed by atoms with Gasteiger partial charge in [-0.2, -0.15) is 0 Å². The molecule has 2 bridgehead atoms. The first-order chi connectivity index (χ1) is 11.0. The Morgan fingerprint density at radius 2 is 1.75 bits per heavy atom. The summed E-state index contributed by atoms with van der Waals surface area (Å²) in [6, 6.07) is 9.03. The Bertz CT molecular complexity index is 578. The summed E-state index contributed by atoms with van der Waals surface area (Å²) in [5, 5.41) is 6.35. The Hall–Kier alpha value is -1.59. The average molecular weight is 352 g/mol. The highest BCUT2D eigenvalue weighted by molar-refractivity contribution is 5.88. The predicted molar refractivity (Wildman–Crippen MR) is 97.4 cm³/mol. The highest BCUT2D eigenvalue weighted by Crippen LogP contribution is 2.29. The number of nitrogens with zero attached hydrogens (tertiary/aromatic N) is 1. The smallest absolute Gasteiger partial charge is 0.226 e. The van der Waals surface area contributed by atoms with E-state index in [-0.39, 0.29) is 24.2 Å². The zero-order chi connectivity index (χ0) is 16.4. The number of nitrogens with one attached hydrogen (secondary N) is 2. The lowest BCUT2D eigenvalue weighted by Crippen LogP contribution is -2.49. The molecule has 132 valence electrons. The molecule has 0 aliphatic carbocycles. The van der Waals surface area contributed by atoms with Gasteiger partial charge in [0.25, 0.3) is 0 Å². The number of carbonyl (C=O) groups excluding carboxylic acids is 2. The van der Waals surface area contributed by atoms with Crippen LogP contribution in [0.5, 0.6) is 0 Å². The number of benzene rings is 1. The van der Waals surface area contributed by atoms with Gasteiger partial charge < -0.3 is 15.5 Å². The number of piperidine rings is 1. The quantitative estimate of drug-likeness (QED) is 0.875. The van der Waals surface area contributed by atoms with Crippen molar-refractivity contribution in [3.05, 3.63) is 29.8 Å². The predicted octanol–water partition coefficient (Wildman–Crippen LogP) is 2.35. The minimum absolute atomic E-state index is 0. The van der Waals surface area contributed by atoms with Gasteiger partial charge >= 0.3 is 0 Å². The van der Waals surface area contributed by atoms with Crippen molar-refractivity contribution in [2.45, 2.75) is 57.2 Å². The zero-order valence-electron chi connectivity index (χ0n) is 14.2. The van der Waals surface area contributed by atoms with Crippen LogP contribution in [-0.4, -0.2) is 41.9 Å². The molecule has 0 saturated carbocycles. The summed E-state index contributed by atoms with van der Waals surface area (Å²) in [6.07, 6.45) is 5.04. The Morgan fingerprint density at radius 1 is 1.17 bits per heavy atom. The van der Waals surface area contributed by atoms with Crippen molar-refractivity contribution in [3.8, 4) is 0 Å². The number of halogens is 1. The monoisotopic (exact) mass is 351 g/mol. The van der Waals surface area contributed by atoms with Gasteiger partial charge in [-0.3, -0.25) is 9.59 Å². The van der Waals surface area contributed by atoms with Gasteiger partial charge in [0.15, 0.2) is 0 Å². The van der Waals surface area contributed by atoms with Crippen LogP contribution >= 0.6 is 12.4 Å². The number of amides is 2. The Kier molecular flexibility index (Phi) is 6.24. The topological polar surface area (TPSA) is 61.4 Å². The van der Waals surface area contributed by atoms with Crippen molar-refractivity contribution in [2.75, 3.05) is 12.4 Å². The fraction of sp³-hybridized carbons (Fsp3) is 0.556. The van der Waals surface area contributed by atoms with E-state index in [4.69, 9.17) is 0 Å².